The first-order valence-corrected chi connectivity index (χ1v) is 9.75. The molecule has 0 aliphatic heterocycles. The van der Waals surface area contributed by atoms with E-state index in [1.165, 1.54) is 11.0 Å². The number of imidazole rings is 1. The number of aromatic nitrogens is 3. The lowest BCUT2D eigenvalue weighted by molar-refractivity contribution is 0.0981. The number of fused-ring (bicyclic) bond motifs is 1. The largest absolute Gasteiger partial charge is 0.363 e. The zero-order chi connectivity index (χ0) is 22.0. The molecule has 2 aromatic carbocycles. The number of aryl methyl sites for hydroxylation is 2. The lowest BCUT2D eigenvalue weighted by atomic mass is 10.2. The number of hydrogen-bond acceptors (Lipinski definition) is 4. The molecule has 4 aromatic rings. The number of pyridine rings is 1. The van der Waals surface area contributed by atoms with E-state index in [9.17, 15) is 14.4 Å². The Kier molecular flexibility index (Phi) is 5.36. The van der Waals surface area contributed by atoms with Gasteiger partial charge in [-0.2, -0.15) is 0 Å². The maximum atomic E-state index is 12.7. The molecule has 0 atom stereocenters. The molecule has 0 spiro atoms. The summed E-state index contributed by atoms with van der Waals surface area (Å²) in [7, 11) is 1.69. The van der Waals surface area contributed by atoms with Gasteiger partial charge in [-0.15, -0.1) is 0 Å². The molecular weight excluding hydrogens is 394 g/mol. The van der Waals surface area contributed by atoms with E-state index in [-0.39, 0.29) is 17.3 Å². The van der Waals surface area contributed by atoms with E-state index < -0.39 is 5.91 Å². The van der Waals surface area contributed by atoms with Crippen molar-refractivity contribution in [1.29, 1.82) is 0 Å². The summed E-state index contributed by atoms with van der Waals surface area (Å²) in [6.45, 7) is 0.410. The van der Waals surface area contributed by atoms with Crippen molar-refractivity contribution in [2.75, 3.05) is 11.9 Å². The number of primary amides is 1. The summed E-state index contributed by atoms with van der Waals surface area (Å²) >= 11 is 0. The summed E-state index contributed by atoms with van der Waals surface area (Å²) in [5, 5.41) is 0. The third-order valence-corrected chi connectivity index (χ3v) is 5.10. The molecule has 156 valence electrons. The fraction of sp³-hybridized carbons (Fsp3) is 0.130. The van der Waals surface area contributed by atoms with Gasteiger partial charge < -0.3 is 20.2 Å². The number of hydrogen-bond donors (Lipinski definition) is 2. The van der Waals surface area contributed by atoms with Crippen LogP contribution in [0.2, 0.25) is 0 Å². The van der Waals surface area contributed by atoms with E-state index in [2.05, 4.69) is 9.97 Å². The third kappa shape index (κ3) is 4.09. The highest BCUT2D eigenvalue weighted by atomic mass is 16.2. The Hall–Kier alpha value is -4.20. The number of nitrogens with two attached hydrogens (primary N) is 1. The first-order valence-electron chi connectivity index (χ1n) is 9.75. The molecule has 0 saturated heterocycles. The Morgan fingerprint density at radius 3 is 2.55 bits per heavy atom. The van der Waals surface area contributed by atoms with Gasteiger partial charge in [0.15, 0.2) is 5.82 Å². The van der Waals surface area contributed by atoms with E-state index in [0.29, 0.717) is 29.7 Å². The summed E-state index contributed by atoms with van der Waals surface area (Å²) < 4.78 is 1.73. The van der Waals surface area contributed by atoms with Crippen LogP contribution in [0.1, 0.15) is 26.7 Å². The Morgan fingerprint density at radius 2 is 1.84 bits per heavy atom. The molecule has 2 amide bonds. The number of rotatable bonds is 6. The number of nitrogens with zero attached hydrogens (tertiary/aromatic N) is 3. The Labute approximate surface area is 177 Å². The molecule has 31 heavy (non-hydrogen) atoms. The van der Waals surface area contributed by atoms with Crippen molar-refractivity contribution in [2.45, 2.75) is 13.0 Å². The highest BCUT2D eigenvalue weighted by molar-refractivity contribution is 6.06. The van der Waals surface area contributed by atoms with Crippen LogP contribution < -0.4 is 16.2 Å². The summed E-state index contributed by atoms with van der Waals surface area (Å²) in [6.07, 6.45) is 0.496. The summed E-state index contributed by atoms with van der Waals surface area (Å²) in [5.74, 6) is -0.668. The SMILES string of the molecule is CN(C(=O)c1ccccc1)c1ccc2c(c1)nc(C(N)=O)n2CCc1cccc(=O)[nH]1. The van der Waals surface area contributed by atoms with Gasteiger partial charge in [0.1, 0.15) is 0 Å². The highest BCUT2D eigenvalue weighted by Crippen LogP contribution is 2.24. The monoisotopic (exact) mass is 415 g/mol. The molecule has 0 aliphatic rings. The van der Waals surface area contributed by atoms with Crippen LogP contribution in [0.15, 0.2) is 71.5 Å². The standard InChI is InChI=1S/C23H21N5O3/c1-27(23(31)15-6-3-2-4-7-15)17-10-11-19-18(14-17)26-22(21(24)30)28(19)13-12-16-8-5-9-20(29)25-16/h2-11,14H,12-13H2,1H3,(H2,24,30)(H,25,29). The molecule has 8 nitrogen and oxygen atoms in total. The fourth-order valence-corrected chi connectivity index (χ4v) is 3.50. The predicted molar refractivity (Wildman–Crippen MR) is 118 cm³/mol. The summed E-state index contributed by atoms with van der Waals surface area (Å²) in [4.78, 5) is 44.9. The minimum atomic E-state index is -0.645. The topological polar surface area (TPSA) is 114 Å². The number of amides is 2. The molecule has 8 heteroatoms. The van der Waals surface area contributed by atoms with Crippen LogP contribution >= 0.6 is 0 Å². The molecule has 4 rings (SSSR count). The van der Waals surface area contributed by atoms with Crippen molar-refractivity contribution in [3.63, 3.8) is 0 Å². The van der Waals surface area contributed by atoms with E-state index in [4.69, 9.17) is 5.73 Å². The van der Waals surface area contributed by atoms with Crippen LogP contribution in [0, 0.1) is 0 Å². The second kappa shape index (κ2) is 8.27. The minimum absolute atomic E-state index is 0.127. The first kappa shape index (κ1) is 20.1. The number of carbonyl (C=O) groups is 2. The number of benzene rings is 2. The molecule has 3 N–H and O–H groups in total. The number of anilines is 1. The van der Waals surface area contributed by atoms with Gasteiger partial charge >= 0.3 is 0 Å². The van der Waals surface area contributed by atoms with Crippen LogP contribution in [0.4, 0.5) is 5.69 Å². The van der Waals surface area contributed by atoms with E-state index in [1.807, 2.05) is 30.3 Å². The second-order valence-electron chi connectivity index (χ2n) is 7.14. The van der Waals surface area contributed by atoms with Gasteiger partial charge in [-0.25, -0.2) is 4.98 Å². The fourth-order valence-electron chi connectivity index (χ4n) is 3.50. The van der Waals surface area contributed by atoms with Crippen molar-refractivity contribution in [3.05, 3.63) is 94.2 Å². The second-order valence-corrected chi connectivity index (χ2v) is 7.14. The average molecular weight is 415 g/mol. The van der Waals surface area contributed by atoms with E-state index in [1.54, 1.807) is 41.9 Å². The molecule has 2 heterocycles. The molecule has 0 saturated carbocycles. The van der Waals surface area contributed by atoms with Crippen molar-refractivity contribution >= 4 is 28.5 Å². The van der Waals surface area contributed by atoms with Gasteiger partial charge in [0, 0.05) is 43.0 Å². The van der Waals surface area contributed by atoms with E-state index in [0.717, 1.165) is 11.2 Å². The van der Waals surface area contributed by atoms with Gasteiger partial charge in [-0.05, 0) is 36.4 Å². The number of aromatic amines is 1. The Bertz CT molecular complexity index is 1320. The maximum Gasteiger partial charge on any atom is 0.284 e. The van der Waals surface area contributed by atoms with Gasteiger partial charge in [-0.3, -0.25) is 14.4 Å². The van der Waals surface area contributed by atoms with Gasteiger partial charge in [0.25, 0.3) is 11.8 Å². The van der Waals surface area contributed by atoms with Crippen LogP contribution in [-0.4, -0.2) is 33.4 Å². The average Bonchev–Trinajstić information content (AvgIpc) is 3.15. The minimum Gasteiger partial charge on any atom is -0.363 e. The van der Waals surface area contributed by atoms with Crippen molar-refractivity contribution in [1.82, 2.24) is 14.5 Å². The first-order chi connectivity index (χ1) is 14.9. The van der Waals surface area contributed by atoms with Crippen LogP contribution in [0.5, 0.6) is 0 Å². The maximum absolute atomic E-state index is 12.7. The van der Waals surface area contributed by atoms with Crippen LogP contribution in [0.3, 0.4) is 0 Å². The van der Waals surface area contributed by atoms with Crippen molar-refractivity contribution in [2.24, 2.45) is 5.73 Å². The zero-order valence-corrected chi connectivity index (χ0v) is 16.9. The summed E-state index contributed by atoms with van der Waals surface area (Å²) in [6, 6.07) is 19.3. The quantitative estimate of drug-likeness (QED) is 0.503. The summed E-state index contributed by atoms with van der Waals surface area (Å²) in [5.41, 5.74) is 8.61. The Balaban J connectivity index is 1.66. The predicted octanol–water partition coefficient (Wildman–Crippen LogP) is 2.34. The van der Waals surface area contributed by atoms with Gasteiger partial charge in [0.2, 0.25) is 5.56 Å². The van der Waals surface area contributed by atoms with Gasteiger partial charge in [-0.1, -0.05) is 24.3 Å². The highest BCUT2D eigenvalue weighted by Gasteiger charge is 2.18. The molecule has 2 aromatic heterocycles. The van der Waals surface area contributed by atoms with Crippen LogP contribution in [0.25, 0.3) is 11.0 Å². The third-order valence-electron chi connectivity index (χ3n) is 5.10. The number of carbonyl (C=O) groups excluding carboxylic acids is 2. The van der Waals surface area contributed by atoms with Crippen molar-refractivity contribution in [3.8, 4) is 0 Å². The molecule has 0 bridgehead atoms. The molecule has 0 fully saturated rings. The molecule has 0 aliphatic carbocycles. The zero-order valence-electron chi connectivity index (χ0n) is 16.9. The Morgan fingerprint density at radius 1 is 1.06 bits per heavy atom. The lowest BCUT2D eigenvalue weighted by Gasteiger charge is -2.17. The van der Waals surface area contributed by atoms with Gasteiger partial charge in [0.05, 0.1) is 11.0 Å². The number of nitrogens with one attached hydrogen (secondary N) is 1. The lowest BCUT2D eigenvalue weighted by Crippen LogP contribution is -2.26. The normalized spacial score (nSPS) is 10.9. The number of H-pyrrole nitrogens is 1. The van der Waals surface area contributed by atoms with E-state index >= 15 is 0 Å². The molecular formula is C23H21N5O3. The molecule has 0 radical (unpaired) electrons. The molecule has 0 unspecified atom stereocenters. The van der Waals surface area contributed by atoms with Crippen molar-refractivity contribution < 1.29 is 9.59 Å². The smallest absolute Gasteiger partial charge is 0.284 e. The van der Waals surface area contributed by atoms with Crippen LogP contribution in [-0.2, 0) is 13.0 Å².